The highest BCUT2D eigenvalue weighted by atomic mass is 35.5. The Morgan fingerprint density at radius 1 is 1.53 bits per heavy atom. The van der Waals surface area contributed by atoms with Crippen LogP contribution in [0.15, 0.2) is 36.3 Å². The van der Waals surface area contributed by atoms with Gasteiger partial charge >= 0.3 is 0 Å². The lowest BCUT2D eigenvalue weighted by molar-refractivity contribution is 0.0795. The fourth-order valence-electron chi connectivity index (χ4n) is 2.25. The highest BCUT2D eigenvalue weighted by Gasteiger charge is 2.42. The first-order valence-electron chi connectivity index (χ1n) is 5.40. The van der Waals surface area contributed by atoms with Gasteiger partial charge in [0.15, 0.2) is 5.06 Å². The van der Waals surface area contributed by atoms with E-state index in [1.165, 1.54) is 13.2 Å². The molecule has 0 N–H and O–H groups in total. The van der Waals surface area contributed by atoms with Gasteiger partial charge < -0.3 is 9.30 Å². The molecule has 1 aromatic rings. The standard InChI is InChI=1S/C13H15ClFNO/c1-9-6-8-16(2)12(9)11-10(15)5-4-7-13(11,14)17-3/h4-8,11H,1-3H3. The van der Waals surface area contributed by atoms with E-state index in [-0.39, 0.29) is 5.83 Å². The van der Waals surface area contributed by atoms with Crippen molar-refractivity contribution in [1.82, 2.24) is 4.57 Å². The highest BCUT2D eigenvalue weighted by molar-refractivity contribution is 6.25. The zero-order valence-electron chi connectivity index (χ0n) is 10.1. The van der Waals surface area contributed by atoms with Crippen molar-refractivity contribution < 1.29 is 9.13 Å². The van der Waals surface area contributed by atoms with Crippen molar-refractivity contribution in [2.75, 3.05) is 7.11 Å². The van der Waals surface area contributed by atoms with Crippen LogP contribution in [0.5, 0.6) is 0 Å². The van der Waals surface area contributed by atoms with Crippen LogP contribution in [0.1, 0.15) is 17.2 Å². The number of hydrogen-bond donors (Lipinski definition) is 0. The molecule has 0 spiro atoms. The number of methoxy groups -OCH3 is 1. The van der Waals surface area contributed by atoms with Gasteiger partial charge in [0.2, 0.25) is 0 Å². The molecular formula is C13H15ClFNO. The van der Waals surface area contributed by atoms with Gasteiger partial charge in [-0.3, -0.25) is 0 Å². The average Bonchev–Trinajstić information content (AvgIpc) is 2.60. The molecular weight excluding hydrogens is 241 g/mol. The first kappa shape index (κ1) is 12.4. The summed E-state index contributed by atoms with van der Waals surface area (Å²) in [5.41, 5.74) is 1.83. The second-order valence-corrected chi connectivity index (χ2v) is 4.83. The summed E-state index contributed by atoms with van der Waals surface area (Å²) in [6.45, 7) is 1.94. The van der Waals surface area contributed by atoms with E-state index >= 15 is 0 Å². The predicted molar refractivity (Wildman–Crippen MR) is 66.8 cm³/mol. The molecule has 2 atom stereocenters. The van der Waals surface area contributed by atoms with E-state index in [0.29, 0.717) is 0 Å². The number of alkyl halides is 1. The monoisotopic (exact) mass is 255 g/mol. The van der Waals surface area contributed by atoms with Crippen LogP contribution in [0.25, 0.3) is 0 Å². The Hall–Kier alpha value is -1.06. The molecule has 92 valence electrons. The number of aryl methyl sites for hydroxylation is 2. The summed E-state index contributed by atoms with van der Waals surface area (Å²) < 4.78 is 21.2. The lowest BCUT2D eigenvalue weighted by Crippen LogP contribution is -2.33. The molecule has 1 heterocycles. The van der Waals surface area contributed by atoms with E-state index in [9.17, 15) is 4.39 Å². The van der Waals surface area contributed by atoms with Gasteiger partial charge in [0.05, 0.1) is 5.92 Å². The number of halogens is 2. The van der Waals surface area contributed by atoms with E-state index in [0.717, 1.165) is 11.3 Å². The van der Waals surface area contributed by atoms with E-state index < -0.39 is 11.0 Å². The number of allylic oxidation sites excluding steroid dienone is 2. The molecule has 0 aromatic carbocycles. The highest BCUT2D eigenvalue weighted by Crippen LogP contribution is 2.45. The molecule has 1 aliphatic rings. The first-order valence-corrected chi connectivity index (χ1v) is 5.78. The number of aromatic nitrogens is 1. The summed E-state index contributed by atoms with van der Waals surface area (Å²) in [6.07, 6.45) is 6.58. The zero-order chi connectivity index (χ0) is 12.6. The van der Waals surface area contributed by atoms with Gasteiger partial charge in [-0.05, 0) is 30.7 Å². The van der Waals surface area contributed by atoms with Crippen LogP contribution in [-0.2, 0) is 11.8 Å². The smallest absolute Gasteiger partial charge is 0.174 e. The van der Waals surface area contributed by atoms with Crippen molar-refractivity contribution in [2.45, 2.75) is 17.9 Å². The SMILES string of the molecule is COC1(Cl)C=CC=C(F)C1c1c(C)ccn1C. The molecule has 2 nitrogen and oxygen atoms in total. The Balaban J connectivity index is 2.56. The Bertz CT molecular complexity index is 472. The molecule has 17 heavy (non-hydrogen) atoms. The van der Waals surface area contributed by atoms with Gasteiger partial charge in [-0.2, -0.15) is 0 Å². The Morgan fingerprint density at radius 3 is 2.76 bits per heavy atom. The van der Waals surface area contributed by atoms with Crippen LogP contribution < -0.4 is 0 Å². The summed E-state index contributed by atoms with van der Waals surface area (Å²) in [5.74, 6) is -0.895. The van der Waals surface area contributed by atoms with E-state index in [2.05, 4.69) is 0 Å². The summed E-state index contributed by atoms with van der Waals surface area (Å²) in [7, 11) is 3.36. The average molecular weight is 256 g/mol. The number of rotatable bonds is 2. The molecule has 0 aliphatic heterocycles. The first-order chi connectivity index (χ1) is 7.99. The second kappa shape index (κ2) is 4.31. The largest absolute Gasteiger partial charge is 0.358 e. The zero-order valence-corrected chi connectivity index (χ0v) is 10.8. The molecule has 0 radical (unpaired) electrons. The lowest BCUT2D eigenvalue weighted by atomic mass is 9.90. The maximum absolute atomic E-state index is 14.1. The van der Waals surface area contributed by atoms with Gasteiger partial charge in [-0.15, -0.1) is 0 Å². The Kier molecular flexibility index (Phi) is 3.15. The van der Waals surface area contributed by atoms with Gasteiger partial charge in [0.25, 0.3) is 0 Å². The van der Waals surface area contributed by atoms with Gasteiger partial charge in [0.1, 0.15) is 5.83 Å². The van der Waals surface area contributed by atoms with Crippen LogP contribution in [0.4, 0.5) is 4.39 Å². The van der Waals surface area contributed by atoms with Crippen molar-refractivity contribution in [2.24, 2.45) is 7.05 Å². The molecule has 0 saturated carbocycles. The fraction of sp³-hybridized carbons (Fsp3) is 0.385. The van der Waals surface area contributed by atoms with Crippen molar-refractivity contribution >= 4 is 11.6 Å². The van der Waals surface area contributed by atoms with Gasteiger partial charge in [0, 0.05) is 26.0 Å². The van der Waals surface area contributed by atoms with Crippen LogP contribution in [-0.4, -0.2) is 16.7 Å². The molecule has 4 heteroatoms. The van der Waals surface area contributed by atoms with Crippen LogP contribution >= 0.6 is 11.6 Å². The minimum absolute atomic E-state index is 0.283. The Labute approximate surface area is 105 Å². The summed E-state index contributed by atoms with van der Waals surface area (Å²) in [5, 5.41) is -1.16. The van der Waals surface area contributed by atoms with Crippen molar-refractivity contribution in [3.63, 3.8) is 0 Å². The summed E-state index contributed by atoms with van der Waals surface area (Å²) >= 11 is 6.35. The Morgan fingerprint density at radius 2 is 2.24 bits per heavy atom. The minimum atomic E-state index is -1.16. The van der Waals surface area contributed by atoms with Crippen LogP contribution in [0.2, 0.25) is 0 Å². The van der Waals surface area contributed by atoms with Crippen molar-refractivity contribution in [3.05, 3.63) is 47.6 Å². The third kappa shape index (κ3) is 1.94. The van der Waals surface area contributed by atoms with E-state index in [1.54, 1.807) is 12.2 Å². The molecule has 0 saturated heterocycles. The molecule has 0 amide bonds. The molecule has 2 unspecified atom stereocenters. The molecule has 2 rings (SSSR count). The second-order valence-electron chi connectivity index (χ2n) is 4.24. The number of hydrogen-bond acceptors (Lipinski definition) is 1. The predicted octanol–water partition coefficient (Wildman–Crippen LogP) is 3.42. The normalized spacial score (nSPS) is 28.3. The third-order valence-corrected chi connectivity index (χ3v) is 3.67. The van der Waals surface area contributed by atoms with Crippen LogP contribution in [0.3, 0.4) is 0 Å². The molecule has 0 bridgehead atoms. The summed E-state index contributed by atoms with van der Waals surface area (Å²) in [6, 6.07) is 1.94. The third-order valence-electron chi connectivity index (χ3n) is 3.17. The maximum Gasteiger partial charge on any atom is 0.174 e. The van der Waals surface area contributed by atoms with Crippen molar-refractivity contribution in [3.8, 4) is 0 Å². The van der Waals surface area contributed by atoms with E-state index in [4.69, 9.17) is 16.3 Å². The minimum Gasteiger partial charge on any atom is -0.358 e. The number of ether oxygens (including phenoxy) is 1. The quantitative estimate of drug-likeness (QED) is 0.739. The topological polar surface area (TPSA) is 14.2 Å². The van der Waals surface area contributed by atoms with E-state index in [1.807, 2.05) is 30.8 Å². The fourth-order valence-corrected chi connectivity index (χ4v) is 2.53. The van der Waals surface area contributed by atoms with Crippen molar-refractivity contribution in [1.29, 1.82) is 0 Å². The van der Waals surface area contributed by atoms with Crippen LogP contribution in [0, 0.1) is 6.92 Å². The maximum atomic E-state index is 14.1. The number of nitrogens with zero attached hydrogens (tertiary/aromatic N) is 1. The lowest BCUT2D eigenvalue weighted by Gasteiger charge is -2.33. The summed E-state index contributed by atoms with van der Waals surface area (Å²) in [4.78, 5) is 0. The molecule has 1 aromatic heterocycles. The molecule has 1 aliphatic carbocycles. The van der Waals surface area contributed by atoms with Gasteiger partial charge in [-0.1, -0.05) is 17.7 Å². The molecule has 0 fully saturated rings. The van der Waals surface area contributed by atoms with Gasteiger partial charge in [-0.25, -0.2) is 4.39 Å².